The second-order valence-corrected chi connectivity index (χ2v) is 28.8. The van der Waals surface area contributed by atoms with Crippen LogP contribution in [0.1, 0.15) is 0 Å². The summed E-state index contributed by atoms with van der Waals surface area (Å²) in [5.74, 6) is 0. The van der Waals surface area contributed by atoms with Crippen molar-refractivity contribution < 1.29 is 10.0 Å². The molecular weight excluding hydrogens is 1430 g/mol. The van der Waals surface area contributed by atoms with Gasteiger partial charge >= 0.3 is 7.12 Å². The van der Waals surface area contributed by atoms with Gasteiger partial charge in [0.15, 0.2) is 0 Å². The van der Waals surface area contributed by atoms with Crippen molar-refractivity contribution in [2.75, 3.05) is 9.80 Å². The lowest BCUT2D eigenvalue weighted by Crippen LogP contribution is -2.29. The quantitative estimate of drug-likeness (QED) is 0.107. The molecule has 0 saturated heterocycles. The van der Waals surface area contributed by atoms with E-state index in [0.717, 1.165) is 66.1 Å². The first-order chi connectivity index (χ1) is 55.3. The van der Waals surface area contributed by atoms with Gasteiger partial charge in [-0.1, -0.05) is 313 Å². The van der Waals surface area contributed by atoms with Crippen LogP contribution in [-0.4, -0.2) is 26.3 Å². The lowest BCUT2D eigenvalue weighted by molar-refractivity contribution is 0.426. The summed E-state index contributed by atoms with van der Waals surface area (Å²) in [6.45, 7) is 0. The molecule has 2 aromatic heterocycles. The first-order valence-electron chi connectivity index (χ1n) is 37.8. The topological polar surface area (TPSA) is 56.8 Å². The third-order valence-electron chi connectivity index (χ3n) is 21.2. The number of hydrogen-bond donors (Lipinski definition) is 2. The number of halogens is 1. The molecule has 112 heavy (non-hydrogen) atoms. The Balaban J connectivity index is 0.000000129. The normalized spacial score (nSPS) is 11.2. The first kappa shape index (κ1) is 69.9. The van der Waals surface area contributed by atoms with Gasteiger partial charge in [-0.05, 0) is 222 Å². The van der Waals surface area contributed by atoms with E-state index < -0.39 is 7.12 Å². The van der Waals surface area contributed by atoms with E-state index in [4.69, 9.17) is 0 Å². The summed E-state index contributed by atoms with van der Waals surface area (Å²) < 4.78 is 5.63. The summed E-state index contributed by atoms with van der Waals surface area (Å²) >= 11 is 3.56. The van der Waals surface area contributed by atoms with E-state index in [0.29, 0.717) is 5.46 Å². The minimum atomic E-state index is -1.46. The number of fused-ring (bicyclic) bond motifs is 8. The van der Waals surface area contributed by atoms with Crippen molar-refractivity contribution in [3.05, 3.63) is 441 Å². The molecular formula is C104H74BBrN4O2. The summed E-state index contributed by atoms with van der Waals surface area (Å²) in [6, 6.07) is 154. The van der Waals surface area contributed by atoms with Crippen molar-refractivity contribution in [3.63, 3.8) is 0 Å². The average molecular weight is 1500 g/mol. The van der Waals surface area contributed by atoms with Crippen molar-refractivity contribution in [1.29, 1.82) is 0 Å². The Kier molecular flexibility index (Phi) is 19.6. The maximum absolute atomic E-state index is 9.43. The smallest absolute Gasteiger partial charge is 0.423 e. The maximum atomic E-state index is 9.43. The zero-order chi connectivity index (χ0) is 75.3. The molecule has 0 amide bonds. The zero-order valence-electron chi connectivity index (χ0n) is 61.2. The number of benzene rings is 18. The predicted octanol–water partition coefficient (Wildman–Crippen LogP) is 27.3. The van der Waals surface area contributed by atoms with Crippen LogP contribution in [-0.2, 0) is 0 Å². The van der Waals surface area contributed by atoms with Crippen LogP contribution in [0.4, 0.5) is 34.1 Å². The van der Waals surface area contributed by atoms with Crippen molar-refractivity contribution in [2.24, 2.45) is 0 Å². The Morgan fingerprint density at radius 3 is 0.911 bits per heavy atom. The van der Waals surface area contributed by atoms with E-state index >= 15 is 0 Å². The van der Waals surface area contributed by atoms with Gasteiger partial charge in [0, 0.05) is 71.5 Å². The Morgan fingerprint density at radius 2 is 0.500 bits per heavy atom. The van der Waals surface area contributed by atoms with Gasteiger partial charge in [-0.3, -0.25) is 0 Å². The molecule has 532 valence electrons. The molecule has 2 N–H and O–H groups in total. The minimum absolute atomic E-state index is 0.503. The van der Waals surface area contributed by atoms with Crippen LogP contribution in [0.25, 0.3) is 132 Å². The fourth-order valence-corrected chi connectivity index (χ4v) is 16.0. The van der Waals surface area contributed by atoms with Crippen LogP contribution in [0.15, 0.2) is 441 Å². The van der Waals surface area contributed by atoms with Crippen LogP contribution in [0.2, 0.25) is 0 Å². The average Bonchev–Trinajstić information content (AvgIpc) is 1.59. The molecule has 20 aromatic rings. The van der Waals surface area contributed by atoms with Crippen molar-refractivity contribution in [1.82, 2.24) is 9.13 Å². The van der Waals surface area contributed by atoms with E-state index in [2.05, 4.69) is 417 Å². The number of hydrogen-bond acceptors (Lipinski definition) is 4. The fourth-order valence-electron chi connectivity index (χ4n) is 15.7. The summed E-state index contributed by atoms with van der Waals surface area (Å²) in [5.41, 5.74) is 26.2. The molecule has 0 aliphatic carbocycles. The number of para-hydroxylation sites is 6. The van der Waals surface area contributed by atoms with Crippen LogP contribution < -0.4 is 15.3 Å². The van der Waals surface area contributed by atoms with Gasteiger partial charge in [0.25, 0.3) is 0 Å². The highest BCUT2D eigenvalue weighted by Gasteiger charge is 2.20. The lowest BCUT2D eigenvalue weighted by Gasteiger charge is -2.26. The fraction of sp³-hybridized carbons (Fsp3) is 0. The molecule has 8 heteroatoms. The van der Waals surface area contributed by atoms with Gasteiger partial charge < -0.3 is 29.0 Å². The van der Waals surface area contributed by atoms with Crippen molar-refractivity contribution in [3.8, 4) is 67.0 Å². The molecule has 0 bridgehead atoms. The Labute approximate surface area is 660 Å². The number of aromatic nitrogens is 2. The Bertz CT molecular complexity index is 6670. The maximum Gasteiger partial charge on any atom is 0.488 e. The van der Waals surface area contributed by atoms with E-state index in [1.165, 1.54) is 105 Å². The summed E-state index contributed by atoms with van der Waals surface area (Å²) in [5, 5.41) is 28.6. The van der Waals surface area contributed by atoms with Crippen LogP contribution in [0, 0.1) is 0 Å². The Morgan fingerprint density at radius 1 is 0.214 bits per heavy atom. The molecule has 0 atom stereocenters. The van der Waals surface area contributed by atoms with Crippen molar-refractivity contribution >= 4 is 128 Å². The number of anilines is 6. The Hall–Kier alpha value is -13.9. The van der Waals surface area contributed by atoms with E-state index in [-0.39, 0.29) is 0 Å². The van der Waals surface area contributed by atoms with Gasteiger partial charge in [0.1, 0.15) is 0 Å². The van der Waals surface area contributed by atoms with Gasteiger partial charge in [0.05, 0.1) is 22.1 Å². The molecule has 0 radical (unpaired) electrons. The first-order valence-corrected chi connectivity index (χ1v) is 38.6. The molecule has 20 rings (SSSR count). The van der Waals surface area contributed by atoms with Gasteiger partial charge in [0.2, 0.25) is 0 Å². The summed E-state index contributed by atoms with van der Waals surface area (Å²) in [4.78, 5) is 4.60. The number of nitrogens with zero attached hydrogens (tertiary/aromatic N) is 4. The van der Waals surface area contributed by atoms with Gasteiger partial charge in [-0.15, -0.1) is 0 Å². The summed E-state index contributed by atoms with van der Waals surface area (Å²) in [6.07, 6.45) is 0. The monoisotopic (exact) mass is 1500 g/mol. The van der Waals surface area contributed by atoms with Gasteiger partial charge in [-0.2, -0.15) is 0 Å². The zero-order valence-corrected chi connectivity index (χ0v) is 62.8. The van der Waals surface area contributed by atoms with E-state index in [9.17, 15) is 10.0 Å². The highest BCUT2D eigenvalue weighted by atomic mass is 79.9. The molecule has 0 unspecified atom stereocenters. The molecule has 18 aromatic carbocycles. The molecule has 6 nitrogen and oxygen atoms in total. The standard InChI is InChI=1S/C52H36N2.C34H24BrN.C18H14BNO2/c1-3-14-43(15-4-1)53(45-31-26-38(27-32-45)37-22-24-41(25-23-37)48-20-11-13-40-12-7-8-18-47(40)48)46-33-28-39(29-34-46)42-30-35-52-50(36-42)49-19-9-10-21-51(49)54(52)44-16-5-2-6-17-44;35-29-19-23-32(24-20-29)36(30-9-2-1-3-10-30)31-21-17-26(18-22-31)25-13-15-28(16-14-25)34-12-6-8-27-7-4-5-11-33(27)34;21-19(22)13-10-11-18-16(12-13)15-8-4-5-9-17(15)20(18)14-6-2-1-3-7-14/h1-36H;1-24H;1-12,21-22H. The van der Waals surface area contributed by atoms with Gasteiger partial charge in [-0.25, -0.2) is 0 Å². The minimum Gasteiger partial charge on any atom is -0.423 e. The number of rotatable bonds is 14. The predicted molar refractivity (Wildman–Crippen MR) is 477 cm³/mol. The molecule has 0 aliphatic heterocycles. The van der Waals surface area contributed by atoms with Crippen molar-refractivity contribution in [2.45, 2.75) is 0 Å². The third kappa shape index (κ3) is 14.1. The highest BCUT2D eigenvalue weighted by Crippen LogP contribution is 2.42. The van der Waals surface area contributed by atoms with E-state index in [1.807, 2.05) is 48.5 Å². The third-order valence-corrected chi connectivity index (χ3v) is 21.7. The molecule has 0 fully saturated rings. The SMILES string of the molecule is Brc1ccc(N(c2ccccc2)c2ccc(-c3ccc(-c4cccc5ccccc45)cc3)cc2)cc1.OB(O)c1ccc2c(c1)c1ccccc1n2-c1ccccc1.c1ccc(N(c2ccc(-c3ccc(-c4cccc5ccccc45)cc3)cc2)c2ccc(-c3ccc4c(c3)c3ccccc3n4-c3ccccc3)cc2)cc1. The summed E-state index contributed by atoms with van der Waals surface area (Å²) in [7, 11) is -1.46. The van der Waals surface area contributed by atoms with Crippen LogP contribution in [0.5, 0.6) is 0 Å². The van der Waals surface area contributed by atoms with Crippen LogP contribution in [0.3, 0.4) is 0 Å². The molecule has 0 spiro atoms. The second-order valence-electron chi connectivity index (χ2n) is 27.9. The molecule has 0 saturated carbocycles. The lowest BCUT2D eigenvalue weighted by atomic mass is 9.80. The van der Waals surface area contributed by atoms with Crippen LogP contribution >= 0.6 is 15.9 Å². The molecule has 0 aliphatic rings. The highest BCUT2D eigenvalue weighted by molar-refractivity contribution is 9.10. The molecule has 2 heterocycles. The largest absolute Gasteiger partial charge is 0.488 e. The van der Waals surface area contributed by atoms with E-state index in [1.54, 1.807) is 6.07 Å². The second kappa shape index (κ2) is 31.4.